The third kappa shape index (κ3) is 4.05. The lowest BCUT2D eigenvalue weighted by atomic mass is 9.70. The van der Waals surface area contributed by atoms with E-state index in [9.17, 15) is 0 Å². The van der Waals surface area contributed by atoms with Gasteiger partial charge in [0.2, 0.25) is 0 Å². The minimum absolute atomic E-state index is 0.513. The number of furan rings is 2. The fourth-order valence-corrected chi connectivity index (χ4v) is 11.0. The molecule has 0 fully saturated rings. The zero-order valence-corrected chi connectivity index (χ0v) is 31.8. The Morgan fingerprint density at radius 1 is 0.271 bits per heavy atom. The van der Waals surface area contributed by atoms with Crippen molar-refractivity contribution in [3.63, 3.8) is 0 Å². The SMILES string of the molecule is c1ccc2c(c1)-c1ccccc1C21c2cc(-c3cccc4oc5cc6ccccc6cc5c34)ccc2-c2cc3cccc(-c4ccc5c(c4)oc4ccccc45)c3cc21. The van der Waals surface area contributed by atoms with Crippen LogP contribution in [0.15, 0.2) is 203 Å². The van der Waals surface area contributed by atoms with Gasteiger partial charge < -0.3 is 8.83 Å². The summed E-state index contributed by atoms with van der Waals surface area (Å²) >= 11 is 0. The Morgan fingerprint density at radius 3 is 1.71 bits per heavy atom. The second-order valence-corrected chi connectivity index (χ2v) is 16.3. The predicted molar refractivity (Wildman–Crippen MR) is 243 cm³/mol. The van der Waals surface area contributed by atoms with Gasteiger partial charge in [0.25, 0.3) is 0 Å². The second-order valence-electron chi connectivity index (χ2n) is 16.3. The van der Waals surface area contributed by atoms with E-state index in [4.69, 9.17) is 8.83 Å². The first-order valence-electron chi connectivity index (χ1n) is 20.4. The minimum Gasteiger partial charge on any atom is -0.456 e. The Kier molecular flexibility index (Phi) is 5.99. The molecule has 0 atom stereocenters. The molecule has 59 heavy (non-hydrogen) atoms. The third-order valence-corrected chi connectivity index (χ3v) is 13.5. The highest BCUT2D eigenvalue weighted by atomic mass is 16.3. The Morgan fingerprint density at radius 2 is 0.847 bits per heavy atom. The van der Waals surface area contributed by atoms with Gasteiger partial charge in [-0.1, -0.05) is 140 Å². The van der Waals surface area contributed by atoms with Gasteiger partial charge in [0, 0.05) is 21.5 Å². The smallest absolute Gasteiger partial charge is 0.136 e. The van der Waals surface area contributed by atoms with Crippen LogP contribution in [0.4, 0.5) is 0 Å². The molecule has 0 saturated carbocycles. The van der Waals surface area contributed by atoms with Gasteiger partial charge in [0.05, 0.1) is 5.41 Å². The number of hydrogen-bond donors (Lipinski definition) is 0. The molecular weight excluding hydrogens is 717 g/mol. The highest BCUT2D eigenvalue weighted by Gasteiger charge is 2.52. The number of rotatable bonds is 2. The van der Waals surface area contributed by atoms with E-state index in [1.165, 1.54) is 82.7 Å². The highest BCUT2D eigenvalue weighted by Crippen LogP contribution is 2.64. The van der Waals surface area contributed by atoms with E-state index in [2.05, 4.69) is 188 Å². The summed E-state index contributed by atoms with van der Waals surface area (Å²) in [4.78, 5) is 0. The number of benzene rings is 10. The molecule has 0 N–H and O–H groups in total. The van der Waals surface area contributed by atoms with Crippen molar-refractivity contribution >= 4 is 65.4 Å². The summed E-state index contributed by atoms with van der Waals surface area (Å²) in [5.74, 6) is 0. The highest BCUT2D eigenvalue weighted by molar-refractivity contribution is 6.16. The molecule has 0 unspecified atom stereocenters. The molecule has 2 aliphatic carbocycles. The van der Waals surface area contributed by atoms with Crippen LogP contribution in [0, 0.1) is 0 Å². The van der Waals surface area contributed by atoms with Crippen LogP contribution in [0.3, 0.4) is 0 Å². The van der Waals surface area contributed by atoms with Gasteiger partial charge in [-0.2, -0.15) is 0 Å². The lowest BCUT2D eigenvalue weighted by Crippen LogP contribution is -2.26. The molecule has 2 aliphatic rings. The van der Waals surface area contributed by atoms with E-state index in [0.717, 1.165) is 49.4 Å². The van der Waals surface area contributed by atoms with E-state index in [1.807, 2.05) is 6.07 Å². The maximum atomic E-state index is 6.58. The molecular formula is C57H32O2. The largest absolute Gasteiger partial charge is 0.456 e. The van der Waals surface area contributed by atoms with Crippen molar-refractivity contribution in [3.05, 3.63) is 216 Å². The van der Waals surface area contributed by atoms with Crippen LogP contribution in [0.5, 0.6) is 0 Å². The number of hydrogen-bond acceptors (Lipinski definition) is 2. The van der Waals surface area contributed by atoms with Gasteiger partial charge >= 0.3 is 0 Å². The summed E-state index contributed by atoms with van der Waals surface area (Å²) in [6, 6.07) is 71.5. The predicted octanol–water partition coefficient (Wildman–Crippen LogP) is 15.5. The zero-order valence-electron chi connectivity index (χ0n) is 31.8. The van der Waals surface area contributed by atoms with Crippen molar-refractivity contribution in [1.82, 2.24) is 0 Å². The number of para-hydroxylation sites is 1. The first-order valence-corrected chi connectivity index (χ1v) is 20.4. The van der Waals surface area contributed by atoms with Crippen LogP contribution in [-0.2, 0) is 5.41 Å². The average Bonchev–Trinajstić information content (AvgIpc) is 4.01. The fraction of sp³-hybridized carbons (Fsp3) is 0.0175. The minimum atomic E-state index is -0.513. The van der Waals surface area contributed by atoms with E-state index >= 15 is 0 Å². The molecule has 0 radical (unpaired) electrons. The summed E-state index contributed by atoms with van der Waals surface area (Å²) in [6.45, 7) is 0. The van der Waals surface area contributed by atoms with Gasteiger partial charge in [-0.15, -0.1) is 0 Å². The van der Waals surface area contributed by atoms with Crippen LogP contribution in [0.25, 0.3) is 110 Å². The summed E-state index contributed by atoms with van der Waals surface area (Å²) in [5.41, 5.74) is 18.3. The van der Waals surface area contributed by atoms with Gasteiger partial charge in [-0.25, -0.2) is 0 Å². The first kappa shape index (κ1) is 31.4. The van der Waals surface area contributed by atoms with Crippen LogP contribution < -0.4 is 0 Å². The second kappa shape index (κ2) is 11.2. The molecule has 2 nitrogen and oxygen atoms in total. The quantitative estimate of drug-likeness (QED) is 0.176. The average molecular weight is 749 g/mol. The monoisotopic (exact) mass is 748 g/mol. The van der Waals surface area contributed by atoms with E-state index < -0.39 is 5.41 Å². The van der Waals surface area contributed by atoms with Crippen molar-refractivity contribution in [2.24, 2.45) is 0 Å². The molecule has 0 saturated heterocycles. The molecule has 2 heterocycles. The molecule has 272 valence electrons. The van der Waals surface area contributed by atoms with Crippen molar-refractivity contribution in [2.45, 2.75) is 5.41 Å². The van der Waals surface area contributed by atoms with Crippen LogP contribution in [0.2, 0.25) is 0 Å². The fourth-order valence-electron chi connectivity index (χ4n) is 11.0. The van der Waals surface area contributed by atoms with Crippen LogP contribution >= 0.6 is 0 Å². The molecule has 0 bridgehead atoms. The first-order chi connectivity index (χ1) is 29.2. The topological polar surface area (TPSA) is 26.3 Å². The molecule has 0 amide bonds. The standard InChI is InChI=1S/C57H32O2/c1-2-12-34-30-55-47(27-33(34)11-1)56-39(18-10-22-53(56)59-55)36-23-25-42-46-28-35-13-9-17-38(37-24-26-44-43-16-5-8-21-52(43)58-54(44)31-37)45(35)32-51(46)57(50(42)29-36)48-19-6-3-14-40(48)41-15-4-7-20-49(41)57/h1-32H. The summed E-state index contributed by atoms with van der Waals surface area (Å²) in [6.07, 6.45) is 0. The maximum Gasteiger partial charge on any atom is 0.136 e. The van der Waals surface area contributed by atoms with E-state index in [-0.39, 0.29) is 0 Å². The van der Waals surface area contributed by atoms with Crippen molar-refractivity contribution < 1.29 is 8.83 Å². The Hall–Kier alpha value is -7.68. The Labute approximate surface area is 339 Å². The normalized spacial score (nSPS) is 13.6. The molecule has 12 aromatic rings. The zero-order chi connectivity index (χ0) is 38.4. The summed E-state index contributed by atoms with van der Waals surface area (Å²) in [5, 5.41) is 9.43. The van der Waals surface area contributed by atoms with Crippen molar-refractivity contribution in [1.29, 1.82) is 0 Å². The molecule has 10 aromatic carbocycles. The van der Waals surface area contributed by atoms with Gasteiger partial charge in [-0.3, -0.25) is 0 Å². The summed E-state index contributed by atoms with van der Waals surface area (Å²) < 4.78 is 13.0. The Balaban J connectivity index is 1.05. The maximum absolute atomic E-state index is 6.58. The molecule has 2 heteroatoms. The van der Waals surface area contributed by atoms with E-state index in [1.54, 1.807) is 0 Å². The van der Waals surface area contributed by atoms with Crippen molar-refractivity contribution in [3.8, 4) is 44.5 Å². The lowest BCUT2D eigenvalue weighted by molar-refractivity contribution is 0.669. The number of fused-ring (bicyclic) bond motifs is 18. The molecule has 14 rings (SSSR count). The lowest BCUT2D eigenvalue weighted by Gasteiger charge is -2.31. The van der Waals surface area contributed by atoms with Crippen molar-refractivity contribution in [2.75, 3.05) is 0 Å². The molecule has 1 spiro atoms. The van der Waals surface area contributed by atoms with Gasteiger partial charge in [0.1, 0.15) is 22.3 Å². The van der Waals surface area contributed by atoms with E-state index in [0.29, 0.717) is 0 Å². The van der Waals surface area contributed by atoms with Gasteiger partial charge in [0.15, 0.2) is 0 Å². The van der Waals surface area contributed by atoms with Crippen LogP contribution in [-0.4, -0.2) is 0 Å². The molecule has 0 aliphatic heterocycles. The van der Waals surface area contributed by atoms with Gasteiger partial charge in [-0.05, 0) is 143 Å². The summed E-state index contributed by atoms with van der Waals surface area (Å²) in [7, 11) is 0. The third-order valence-electron chi connectivity index (χ3n) is 13.5. The molecule has 2 aromatic heterocycles. The van der Waals surface area contributed by atoms with Crippen LogP contribution in [0.1, 0.15) is 22.3 Å². The Bertz CT molecular complexity index is 3750.